The lowest BCUT2D eigenvalue weighted by Gasteiger charge is -2.16. The third-order valence-electron chi connectivity index (χ3n) is 4.84. The minimum atomic E-state index is -3.66. The Kier molecular flexibility index (Phi) is 10.0. The molecule has 0 fully saturated rings. The minimum Gasteiger partial charge on any atom is -0.466 e. The smallest absolute Gasteiger partial charge is 0.313 e. The number of hydrogen-bond acceptors (Lipinski definition) is 8. The molecule has 2 aromatic rings. The molecule has 2 N–H and O–H groups in total. The van der Waals surface area contributed by atoms with Gasteiger partial charge in [-0.3, -0.25) is 14.3 Å². The highest BCUT2D eigenvalue weighted by atomic mass is 32.2. The molecule has 1 aromatic carbocycles. The zero-order chi connectivity index (χ0) is 26.2. The number of aliphatic hydroxyl groups excluding tert-OH is 1. The van der Waals surface area contributed by atoms with Gasteiger partial charge in [-0.15, -0.1) is 0 Å². The molecular weight excluding hydrogens is 477 g/mol. The van der Waals surface area contributed by atoms with Crippen LogP contribution in [0, 0.1) is 5.82 Å². The molecule has 1 heterocycles. The minimum absolute atomic E-state index is 0.128. The molecule has 0 aliphatic carbocycles. The van der Waals surface area contributed by atoms with Crippen LogP contribution < -0.4 is 4.72 Å². The molecule has 11 heteroatoms. The second-order valence-electron chi connectivity index (χ2n) is 8.01. The molecule has 0 saturated heterocycles. The van der Waals surface area contributed by atoms with Gasteiger partial charge in [0.15, 0.2) is 0 Å². The summed E-state index contributed by atoms with van der Waals surface area (Å²) >= 11 is 0. The maximum absolute atomic E-state index is 13.5. The maximum atomic E-state index is 13.5. The second kappa shape index (κ2) is 12.5. The SMILES string of the molecule is CCOC(=O)CC(=O)CC(O)/C=C/c1c(-c2ccc(F)cc2)nc(NS(=O)(=O)CC)nc1C(C)C. The standard InChI is InChI=1S/C24H30FN3O6S/c1-5-34-21(31)14-19(30)13-18(29)11-12-20-22(15(3)4)26-24(28-35(32,33)6-2)27-23(20)16-7-9-17(25)10-8-16/h7-12,15,18,29H,5-6,13-14H2,1-4H3,(H,26,27,28)/b12-11+. The Morgan fingerprint density at radius 2 is 1.83 bits per heavy atom. The number of benzene rings is 1. The molecule has 1 atom stereocenters. The van der Waals surface area contributed by atoms with E-state index in [1.54, 1.807) is 6.92 Å². The Labute approximate surface area is 204 Å². The number of nitrogens with zero attached hydrogens (tertiary/aromatic N) is 2. The largest absolute Gasteiger partial charge is 0.466 e. The topological polar surface area (TPSA) is 136 Å². The molecule has 0 aliphatic rings. The number of carbonyl (C=O) groups excluding carboxylic acids is 2. The fourth-order valence-corrected chi connectivity index (χ4v) is 3.64. The first-order valence-electron chi connectivity index (χ1n) is 11.2. The molecule has 0 bridgehead atoms. The lowest BCUT2D eigenvalue weighted by molar-refractivity contribution is -0.145. The van der Waals surface area contributed by atoms with Gasteiger partial charge in [0.2, 0.25) is 16.0 Å². The molecular formula is C24H30FN3O6S. The predicted molar refractivity (Wildman–Crippen MR) is 131 cm³/mol. The van der Waals surface area contributed by atoms with Crippen molar-refractivity contribution in [2.45, 2.75) is 52.6 Å². The highest BCUT2D eigenvalue weighted by molar-refractivity contribution is 7.92. The third kappa shape index (κ3) is 8.52. The highest BCUT2D eigenvalue weighted by Gasteiger charge is 2.20. The van der Waals surface area contributed by atoms with E-state index in [-0.39, 0.29) is 30.6 Å². The third-order valence-corrected chi connectivity index (χ3v) is 6.09. The lowest BCUT2D eigenvalue weighted by Crippen LogP contribution is -2.18. The summed E-state index contributed by atoms with van der Waals surface area (Å²) < 4.78 is 44.8. The number of halogens is 1. The molecule has 0 amide bonds. The van der Waals surface area contributed by atoms with Crippen LogP contribution in [0.3, 0.4) is 0 Å². The Bertz CT molecular complexity index is 1180. The van der Waals surface area contributed by atoms with Crippen LogP contribution in [-0.4, -0.2) is 53.7 Å². The highest BCUT2D eigenvalue weighted by Crippen LogP contribution is 2.31. The maximum Gasteiger partial charge on any atom is 0.313 e. The van der Waals surface area contributed by atoms with E-state index in [0.29, 0.717) is 22.5 Å². The van der Waals surface area contributed by atoms with Crippen molar-refractivity contribution >= 4 is 33.8 Å². The van der Waals surface area contributed by atoms with Crippen LogP contribution in [0.25, 0.3) is 17.3 Å². The van der Waals surface area contributed by atoms with Crippen LogP contribution in [-0.2, 0) is 24.3 Å². The zero-order valence-corrected chi connectivity index (χ0v) is 20.9. The molecule has 9 nitrogen and oxygen atoms in total. The average molecular weight is 508 g/mol. The molecule has 0 saturated carbocycles. The molecule has 0 spiro atoms. The first-order chi connectivity index (χ1) is 16.5. The van der Waals surface area contributed by atoms with E-state index in [2.05, 4.69) is 14.7 Å². The quantitative estimate of drug-likeness (QED) is 0.329. The summed E-state index contributed by atoms with van der Waals surface area (Å²) in [5, 5.41) is 10.3. The van der Waals surface area contributed by atoms with E-state index in [4.69, 9.17) is 4.74 Å². The van der Waals surface area contributed by atoms with E-state index < -0.39 is 40.1 Å². The van der Waals surface area contributed by atoms with Crippen molar-refractivity contribution in [3.63, 3.8) is 0 Å². The zero-order valence-electron chi connectivity index (χ0n) is 20.1. The number of aromatic nitrogens is 2. The van der Waals surface area contributed by atoms with Gasteiger partial charge < -0.3 is 9.84 Å². The number of aliphatic hydroxyl groups is 1. The number of hydrogen-bond donors (Lipinski definition) is 2. The van der Waals surface area contributed by atoms with E-state index >= 15 is 0 Å². The van der Waals surface area contributed by atoms with E-state index in [9.17, 15) is 27.5 Å². The van der Waals surface area contributed by atoms with Crippen molar-refractivity contribution in [1.29, 1.82) is 0 Å². The Morgan fingerprint density at radius 3 is 2.40 bits per heavy atom. The van der Waals surface area contributed by atoms with E-state index in [1.165, 1.54) is 43.3 Å². The Morgan fingerprint density at radius 1 is 1.17 bits per heavy atom. The van der Waals surface area contributed by atoms with Crippen molar-refractivity contribution in [2.75, 3.05) is 17.1 Å². The van der Waals surface area contributed by atoms with Crippen LogP contribution >= 0.6 is 0 Å². The number of esters is 1. The van der Waals surface area contributed by atoms with Gasteiger partial charge in [0.25, 0.3) is 0 Å². The molecule has 35 heavy (non-hydrogen) atoms. The van der Waals surface area contributed by atoms with E-state index in [0.717, 1.165) is 0 Å². The number of ether oxygens (including phenoxy) is 1. The van der Waals surface area contributed by atoms with Gasteiger partial charge in [-0.25, -0.2) is 22.8 Å². The first-order valence-corrected chi connectivity index (χ1v) is 12.8. The van der Waals surface area contributed by atoms with Crippen molar-refractivity contribution in [1.82, 2.24) is 9.97 Å². The van der Waals surface area contributed by atoms with Crippen LogP contribution in [0.15, 0.2) is 30.3 Å². The average Bonchev–Trinajstić information content (AvgIpc) is 2.77. The van der Waals surface area contributed by atoms with Crippen LogP contribution in [0.4, 0.5) is 10.3 Å². The fraction of sp³-hybridized carbons (Fsp3) is 0.417. The Balaban J connectivity index is 2.48. The normalized spacial score (nSPS) is 12.7. The molecule has 1 unspecified atom stereocenters. The van der Waals surface area contributed by atoms with Crippen LogP contribution in [0.1, 0.15) is 57.7 Å². The molecule has 190 valence electrons. The Hall–Kier alpha value is -3.18. The number of anilines is 1. The summed E-state index contributed by atoms with van der Waals surface area (Å²) in [6.45, 7) is 6.97. The summed E-state index contributed by atoms with van der Waals surface area (Å²) in [6.07, 6.45) is 0.973. The lowest BCUT2D eigenvalue weighted by atomic mass is 9.97. The second-order valence-corrected chi connectivity index (χ2v) is 10.0. The fourth-order valence-electron chi connectivity index (χ4n) is 3.13. The van der Waals surface area contributed by atoms with Gasteiger partial charge in [-0.1, -0.05) is 26.0 Å². The van der Waals surface area contributed by atoms with Gasteiger partial charge in [0.1, 0.15) is 18.0 Å². The summed E-state index contributed by atoms with van der Waals surface area (Å²) in [5.41, 5.74) is 1.77. The van der Waals surface area contributed by atoms with Gasteiger partial charge in [-0.2, -0.15) is 0 Å². The van der Waals surface area contributed by atoms with Gasteiger partial charge in [0.05, 0.1) is 29.9 Å². The van der Waals surface area contributed by atoms with E-state index in [1.807, 2.05) is 13.8 Å². The number of Topliss-reactive ketones (excluding diaryl/α,β-unsaturated/α-hetero) is 1. The number of rotatable bonds is 12. The van der Waals surface area contributed by atoms with Crippen molar-refractivity contribution in [3.8, 4) is 11.3 Å². The first kappa shape index (κ1) is 28.1. The predicted octanol–water partition coefficient (Wildman–Crippen LogP) is 3.45. The summed E-state index contributed by atoms with van der Waals surface area (Å²) in [5.74, 6) is -2.07. The number of sulfonamides is 1. The van der Waals surface area contributed by atoms with Crippen LogP contribution in [0.2, 0.25) is 0 Å². The summed E-state index contributed by atoms with van der Waals surface area (Å²) in [7, 11) is -3.66. The molecule has 2 rings (SSSR count). The van der Waals surface area contributed by atoms with Gasteiger partial charge in [-0.05, 0) is 44.0 Å². The number of nitrogens with one attached hydrogen (secondary N) is 1. The molecule has 0 aliphatic heterocycles. The van der Waals surface area contributed by atoms with Gasteiger partial charge in [0, 0.05) is 17.5 Å². The van der Waals surface area contributed by atoms with Crippen molar-refractivity contribution in [3.05, 3.63) is 47.4 Å². The van der Waals surface area contributed by atoms with Crippen molar-refractivity contribution < 1.29 is 32.2 Å². The summed E-state index contributed by atoms with van der Waals surface area (Å²) in [4.78, 5) is 32.2. The van der Waals surface area contributed by atoms with Gasteiger partial charge >= 0.3 is 5.97 Å². The molecule has 0 radical (unpaired) electrons. The monoisotopic (exact) mass is 507 g/mol. The van der Waals surface area contributed by atoms with Crippen LogP contribution in [0.5, 0.6) is 0 Å². The molecule has 1 aromatic heterocycles. The summed E-state index contributed by atoms with van der Waals surface area (Å²) in [6, 6.07) is 5.49. The van der Waals surface area contributed by atoms with Crippen molar-refractivity contribution in [2.24, 2.45) is 0 Å². The number of carbonyl (C=O) groups is 2. The number of ketones is 1.